The van der Waals surface area contributed by atoms with Gasteiger partial charge in [0.2, 0.25) is 11.8 Å². The van der Waals surface area contributed by atoms with Crippen LogP contribution in [-0.2, 0) is 29.6 Å². The first-order valence-electron chi connectivity index (χ1n) is 14.2. The van der Waals surface area contributed by atoms with Gasteiger partial charge in [0.05, 0.1) is 41.3 Å². The lowest BCUT2D eigenvalue weighted by Crippen LogP contribution is -2.46. The Morgan fingerprint density at radius 3 is 1.19 bits per heavy atom. The van der Waals surface area contributed by atoms with E-state index in [1.54, 1.807) is 36.4 Å². The SMILES string of the molecule is CN(CCN(C)C(=O)CN(c1cccc(Cl)c1Cl)S(=O)(=O)c1ccccc1)C(=O)CN(c1cccc(Cl)c1Cl)S(=O)(=O)c1ccccc1. The van der Waals surface area contributed by atoms with Crippen LogP contribution in [0.2, 0.25) is 20.1 Å². The van der Waals surface area contributed by atoms with Crippen LogP contribution in [0.4, 0.5) is 11.4 Å². The Hall–Kier alpha value is -3.52. The second-order valence-corrected chi connectivity index (χ2v) is 15.7. The predicted molar refractivity (Wildman–Crippen MR) is 190 cm³/mol. The van der Waals surface area contributed by atoms with E-state index in [0.29, 0.717) is 0 Å². The number of rotatable bonds is 13. The van der Waals surface area contributed by atoms with Gasteiger partial charge in [-0.05, 0) is 48.5 Å². The van der Waals surface area contributed by atoms with E-state index in [1.165, 1.54) is 84.6 Å². The van der Waals surface area contributed by atoms with Crippen molar-refractivity contribution < 1.29 is 26.4 Å². The maximum Gasteiger partial charge on any atom is 0.264 e. The van der Waals surface area contributed by atoms with Gasteiger partial charge in [-0.25, -0.2) is 16.8 Å². The average Bonchev–Trinajstić information content (AvgIpc) is 3.08. The molecule has 0 aliphatic rings. The van der Waals surface area contributed by atoms with Crippen LogP contribution < -0.4 is 8.61 Å². The zero-order valence-electron chi connectivity index (χ0n) is 25.6. The van der Waals surface area contributed by atoms with Crippen molar-refractivity contribution >= 4 is 89.6 Å². The van der Waals surface area contributed by atoms with Crippen molar-refractivity contribution in [3.8, 4) is 0 Å². The Labute approximate surface area is 300 Å². The quantitative estimate of drug-likeness (QED) is 0.158. The lowest BCUT2D eigenvalue weighted by molar-refractivity contribution is -0.131. The van der Waals surface area contributed by atoms with Crippen molar-refractivity contribution in [1.29, 1.82) is 0 Å². The Bertz CT molecular complexity index is 1860. The van der Waals surface area contributed by atoms with Gasteiger partial charge < -0.3 is 9.80 Å². The molecule has 0 aliphatic heterocycles. The summed E-state index contributed by atoms with van der Waals surface area (Å²) in [6.07, 6.45) is 0. The van der Waals surface area contributed by atoms with Gasteiger partial charge in [-0.1, -0.05) is 94.9 Å². The molecule has 0 aromatic heterocycles. The fourth-order valence-corrected chi connectivity index (χ4v) is 8.23. The number of anilines is 2. The van der Waals surface area contributed by atoms with Crippen LogP contribution in [-0.4, -0.2) is 78.7 Å². The molecule has 0 heterocycles. The van der Waals surface area contributed by atoms with Gasteiger partial charge in [0.25, 0.3) is 20.0 Å². The highest BCUT2D eigenvalue weighted by Gasteiger charge is 2.32. The molecule has 16 heteroatoms. The van der Waals surface area contributed by atoms with Crippen LogP contribution in [0, 0.1) is 0 Å². The van der Waals surface area contributed by atoms with Crippen LogP contribution >= 0.6 is 46.4 Å². The number of likely N-dealkylation sites (N-methyl/N-ethyl adjacent to an activating group) is 2. The molecular formula is C32H30Cl4N4O6S2. The van der Waals surface area contributed by atoms with E-state index >= 15 is 0 Å². The van der Waals surface area contributed by atoms with Gasteiger partial charge in [-0.3, -0.25) is 18.2 Å². The van der Waals surface area contributed by atoms with Crippen LogP contribution in [0.25, 0.3) is 0 Å². The van der Waals surface area contributed by atoms with Crippen molar-refractivity contribution in [3.63, 3.8) is 0 Å². The van der Waals surface area contributed by atoms with Crippen molar-refractivity contribution in [3.05, 3.63) is 117 Å². The number of hydrogen-bond acceptors (Lipinski definition) is 6. The lowest BCUT2D eigenvalue weighted by Gasteiger charge is -2.29. The van der Waals surface area contributed by atoms with E-state index in [2.05, 4.69) is 0 Å². The smallest absolute Gasteiger partial charge is 0.264 e. The minimum Gasteiger partial charge on any atom is -0.342 e. The van der Waals surface area contributed by atoms with Crippen molar-refractivity contribution in [2.24, 2.45) is 0 Å². The molecule has 2 amide bonds. The third kappa shape index (κ3) is 8.36. The first-order chi connectivity index (χ1) is 22.7. The first kappa shape index (κ1) is 37.3. The Balaban J connectivity index is 1.52. The standard InChI is InChI=1S/C32H30Cl4N4O6S2/c1-37(29(41)21-39(27-17-9-15-25(33)31(27)35)47(43,44)23-11-5-3-6-12-23)19-20-38(2)30(42)22-40(28-18-10-16-26(34)32(28)36)48(45,46)24-13-7-4-8-14-24/h3-18H,19-22H2,1-2H3. The molecule has 4 rings (SSSR count). The monoisotopic (exact) mass is 770 g/mol. The highest BCUT2D eigenvalue weighted by molar-refractivity contribution is 7.93. The Morgan fingerprint density at radius 1 is 0.521 bits per heavy atom. The molecule has 0 fully saturated rings. The van der Waals surface area contributed by atoms with Gasteiger partial charge in [0.15, 0.2) is 0 Å². The zero-order valence-corrected chi connectivity index (χ0v) is 30.3. The summed E-state index contributed by atoms with van der Waals surface area (Å²) in [5.41, 5.74) is 0.0305. The van der Waals surface area contributed by atoms with E-state index in [0.717, 1.165) is 8.61 Å². The number of hydrogen-bond donors (Lipinski definition) is 0. The van der Waals surface area contributed by atoms with E-state index in [9.17, 15) is 26.4 Å². The van der Waals surface area contributed by atoms with Gasteiger partial charge in [0, 0.05) is 27.2 Å². The van der Waals surface area contributed by atoms with E-state index in [4.69, 9.17) is 46.4 Å². The maximum atomic E-state index is 13.7. The molecule has 0 saturated heterocycles. The third-order valence-corrected chi connectivity index (χ3v) is 12.4. The molecule has 0 N–H and O–H groups in total. The van der Waals surface area contributed by atoms with Crippen LogP contribution in [0.5, 0.6) is 0 Å². The highest BCUT2D eigenvalue weighted by atomic mass is 35.5. The second-order valence-electron chi connectivity index (χ2n) is 10.4. The normalized spacial score (nSPS) is 11.5. The number of sulfonamides is 2. The predicted octanol–water partition coefficient (Wildman–Crippen LogP) is 6.31. The minimum atomic E-state index is -4.25. The number of carbonyl (C=O) groups is 2. The summed E-state index contributed by atoms with van der Waals surface area (Å²) in [4.78, 5) is 29.2. The number of carbonyl (C=O) groups excluding carboxylic acids is 2. The molecule has 10 nitrogen and oxygen atoms in total. The van der Waals surface area contributed by atoms with Gasteiger partial charge in [0.1, 0.15) is 13.1 Å². The average molecular weight is 773 g/mol. The van der Waals surface area contributed by atoms with Crippen molar-refractivity contribution in [1.82, 2.24) is 9.80 Å². The molecule has 0 spiro atoms. The molecule has 0 saturated carbocycles. The molecular weight excluding hydrogens is 742 g/mol. The Kier molecular flexibility index (Phi) is 12.3. The third-order valence-electron chi connectivity index (χ3n) is 7.24. The summed E-state index contributed by atoms with van der Waals surface area (Å²) >= 11 is 25.1. The maximum absolute atomic E-state index is 13.7. The summed E-state index contributed by atoms with van der Waals surface area (Å²) < 4.78 is 56.5. The summed E-state index contributed by atoms with van der Waals surface area (Å²) in [5.74, 6) is -1.21. The number of amides is 2. The first-order valence-corrected chi connectivity index (χ1v) is 18.6. The second kappa shape index (κ2) is 15.8. The zero-order chi connectivity index (χ0) is 35.2. The molecule has 254 valence electrons. The minimum absolute atomic E-state index is 0.0152. The van der Waals surface area contributed by atoms with E-state index in [-0.39, 0.29) is 54.3 Å². The largest absolute Gasteiger partial charge is 0.342 e. The van der Waals surface area contributed by atoms with Crippen LogP contribution in [0.1, 0.15) is 0 Å². The Morgan fingerprint density at radius 2 is 0.854 bits per heavy atom. The fourth-order valence-electron chi connectivity index (χ4n) is 4.45. The number of nitrogens with zero attached hydrogens (tertiary/aromatic N) is 4. The molecule has 0 atom stereocenters. The molecule has 0 unspecified atom stereocenters. The van der Waals surface area contributed by atoms with E-state index < -0.39 is 45.0 Å². The molecule has 0 aliphatic carbocycles. The summed E-state index contributed by atoms with van der Waals surface area (Å²) in [7, 11) is -5.61. The van der Waals surface area contributed by atoms with Gasteiger partial charge >= 0.3 is 0 Å². The molecule has 4 aromatic rings. The highest BCUT2D eigenvalue weighted by Crippen LogP contribution is 2.36. The van der Waals surface area contributed by atoms with Crippen LogP contribution in [0.3, 0.4) is 0 Å². The molecule has 4 aromatic carbocycles. The number of benzene rings is 4. The van der Waals surface area contributed by atoms with E-state index in [1.807, 2.05) is 0 Å². The lowest BCUT2D eigenvalue weighted by atomic mass is 10.3. The molecule has 48 heavy (non-hydrogen) atoms. The van der Waals surface area contributed by atoms with Crippen LogP contribution in [0.15, 0.2) is 107 Å². The molecule has 0 bridgehead atoms. The van der Waals surface area contributed by atoms with Crippen molar-refractivity contribution in [2.45, 2.75) is 9.79 Å². The summed E-state index contributed by atoms with van der Waals surface area (Å²) in [6.45, 7) is -1.29. The summed E-state index contributed by atoms with van der Waals surface area (Å²) in [6, 6.07) is 24.0. The number of halogens is 4. The van der Waals surface area contributed by atoms with Crippen molar-refractivity contribution in [2.75, 3.05) is 48.9 Å². The van der Waals surface area contributed by atoms with Gasteiger partial charge in [-0.2, -0.15) is 0 Å². The molecule has 0 radical (unpaired) electrons. The fraction of sp³-hybridized carbons (Fsp3) is 0.188. The summed E-state index contributed by atoms with van der Waals surface area (Å²) in [5, 5.41) is 0.111. The topological polar surface area (TPSA) is 115 Å². The van der Waals surface area contributed by atoms with Gasteiger partial charge in [-0.15, -0.1) is 0 Å².